The Bertz CT molecular complexity index is 407. The molecule has 1 amide bonds. The summed E-state index contributed by atoms with van der Waals surface area (Å²) in [5.74, 6) is 1.83. The van der Waals surface area contributed by atoms with Crippen LogP contribution in [-0.2, 0) is 4.74 Å². The Morgan fingerprint density at radius 3 is 2.56 bits per heavy atom. The van der Waals surface area contributed by atoms with E-state index in [1.807, 2.05) is 0 Å². The van der Waals surface area contributed by atoms with E-state index < -0.39 is 0 Å². The molecule has 25 heavy (non-hydrogen) atoms. The molecule has 0 bridgehead atoms. The average Bonchev–Trinajstić information content (AvgIpc) is 2.59. The molecule has 7 nitrogen and oxygen atoms in total. The van der Waals surface area contributed by atoms with E-state index in [1.165, 1.54) is 7.11 Å². The molecule has 1 aliphatic rings. The molecule has 0 radical (unpaired) electrons. The quantitative estimate of drug-likeness (QED) is 0.456. The largest absolute Gasteiger partial charge is 0.453 e. The first kappa shape index (κ1) is 21.5. The fourth-order valence-corrected chi connectivity index (χ4v) is 3.20. The van der Waals surface area contributed by atoms with Crippen LogP contribution in [0.5, 0.6) is 0 Å². The molecule has 1 saturated heterocycles. The molecule has 1 aliphatic heterocycles. The number of nitrogens with zero attached hydrogens (tertiary/aromatic N) is 2. The minimum absolute atomic E-state index is 0.211. The molecule has 0 aromatic heterocycles. The maximum absolute atomic E-state index is 11.6. The lowest BCUT2D eigenvalue weighted by Gasteiger charge is -2.32. The predicted octanol–water partition coefficient (Wildman–Crippen LogP) is 1.82. The van der Waals surface area contributed by atoms with Gasteiger partial charge in [-0.1, -0.05) is 13.8 Å². The zero-order valence-electron chi connectivity index (χ0n) is 16.3. The van der Waals surface area contributed by atoms with E-state index in [2.05, 4.69) is 31.4 Å². The number of rotatable bonds is 8. The molecule has 0 aliphatic carbocycles. The molecule has 0 saturated carbocycles. The number of amides is 1. The molecule has 0 aromatic rings. The Morgan fingerprint density at radius 1 is 1.36 bits per heavy atom. The van der Waals surface area contributed by atoms with Gasteiger partial charge in [0.15, 0.2) is 5.96 Å². The maximum Gasteiger partial charge on any atom is 0.409 e. The van der Waals surface area contributed by atoms with Gasteiger partial charge in [0.05, 0.1) is 7.11 Å². The van der Waals surface area contributed by atoms with Crippen molar-refractivity contribution in [3.05, 3.63) is 0 Å². The van der Waals surface area contributed by atoms with Crippen molar-refractivity contribution < 1.29 is 14.6 Å². The summed E-state index contributed by atoms with van der Waals surface area (Å²) in [7, 11) is 1.42. The first-order valence-electron chi connectivity index (χ1n) is 9.48. The fraction of sp³-hybridized carbons (Fsp3) is 0.889. The number of carbonyl (C=O) groups excluding carboxylic acids is 1. The normalized spacial score (nSPS) is 17.5. The van der Waals surface area contributed by atoms with Gasteiger partial charge >= 0.3 is 6.09 Å². The van der Waals surface area contributed by atoms with Crippen LogP contribution in [0.2, 0.25) is 0 Å². The highest BCUT2D eigenvalue weighted by atomic mass is 16.5. The van der Waals surface area contributed by atoms with Crippen molar-refractivity contribution in [1.29, 1.82) is 0 Å². The average molecular weight is 357 g/mol. The number of guanidine groups is 1. The van der Waals surface area contributed by atoms with Gasteiger partial charge in [0, 0.05) is 38.8 Å². The lowest BCUT2D eigenvalue weighted by Crippen LogP contribution is -2.49. The number of hydrogen-bond acceptors (Lipinski definition) is 4. The molecule has 1 rings (SSSR count). The van der Waals surface area contributed by atoms with E-state index in [4.69, 9.17) is 9.73 Å². The zero-order chi connectivity index (χ0) is 18.7. The molecule has 3 N–H and O–H groups in total. The van der Waals surface area contributed by atoms with Crippen LogP contribution in [0, 0.1) is 11.8 Å². The van der Waals surface area contributed by atoms with Crippen molar-refractivity contribution in [2.45, 2.75) is 52.5 Å². The van der Waals surface area contributed by atoms with Crippen molar-refractivity contribution in [3.8, 4) is 0 Å². The fourth-order valence-electron chi connectivity index (χ4n) is 3.20. The van der Waals surface area contributed by atoms with Crippen LogP contribution >= 0.6 is 0 Å². The minimum Gasteiger partial charge on any atom is -0.453 e. The second-order valence-corrected chi connectivity index (χ2v) is 7.10. The molecule has 146 valence electrons. The highest BCUT2D eigenvalue weighted by Gasteiger charge is 2.23. The van der Waals surface area contributed by atoms with Crippen molar-refractivity contribution in [3.63, 3.8) is 0 Å². The van der Waals surface area contributed by atoms with Crippen LogP contribution in [0.4, 0.5) is 4.79 Å². The number of hydrogen-bond donors (Lipinski definition) is 3. The third kappa shape index (κ3) is 8.43. The van der Waals surface area contributed by atoms with Crippen molar-refractivity contribution in [1.82, 2.24) is 15.5 Å². The SMILES string of the molecule is CCNC(=NCC(CCO)CC(C)C)NC1CCN(C(=O)OC)CC1. The lowest BCUT2D eigenvalue weighted by molar-refractivity contribution is 0.111. The summed E-state index contributed by atoms with van der Waals surface area (Å²) >= 11 is 0. The van der Waals surface area contributed by atoms with Crippen LogP contribution < -0.4 is 10.6 Å². The number of aliphatic hydroxyl groups is 1. The maximum atomic E-state index is 11.6. The summed E-state index contributed by atoms with van der Waals surface area (Å²) in [5.41, 5.74) is 0. The van der Waals surface area contributed by atoms with Gasteiger partial charge in [-0.15, -0.1) is 0 Å². The van der Waals surface area contributed by atoms with Crippen LogP contribution in [-0.4, -0.2) is 68.0 Å². The predicted molar refractivity (Wildman–Crippen MR) is 101 cm³/mol. The van der Waals surface area contributed by atoms with Gasteiger partial charge in [-0.05, 0) is 44.4 Å². The van der Waals surface area contributed by atoms with E-state index in [9.17, 15) is 9.90 Å². The summed E-state index contributed by atoms with van der Waals surface area (Å²) in [6.07, 6.45) is 3.37. The molecule has 0 spiro atoms. The number of methoxy groups -OCH3 is 1. The number of aliphatic imine (C=N–C) groups is 1. The van der Waals surface area contributed by atoms with Gasteiger partial charge in [-0.2, -0.15) is 0 Å². The molecular weight excluding hydrogens is 320 g/mol. The summed E-state index contributed by atoms with van der Waals surface area (Å²) in [6, 6.07) is 0.306. The number of aliphatic hydroxyl groups excluding tert-OH is 1. The molecule has 1 unspecified atom stereocenters. The third-order valence-electron chi connectivity index (χ3n) is 4.46. The Balaban J connectivity index is 2.54. The third-order valence-corrected chi connectivity index (χ3v) is 4.46. The standard InChI is InChI=1S/C18H36N4O3/c1-5-19-17(20-13-15(8-11-23)12-14(2)3)21-16-6-9-22(10-7-16)18(24)25-4/h14-16,23H,5-13H2,1-4H3,(H2,19,20,21). The van der Waals surface area contributed by atoms with Crippen LogP contribution in [0.15, 0.2) is 4.99 Å². The highest BCUT2D eigenvalue weighted by molar-refractivity contribution is 5.80. The minimum atomic E-state index is -0.250. The summed E-state index contributed by atoms with van der Waals surface area (Å²) in [4.78, 5) is 18.0. The number of carbonyl (C=O) groups is 1. The number of piperidine rings is 1. The summed E-state index contributed by atoms with van der Waals surface area (Å²) < 4.78 is 4.77. The van der Waals surface area contributed by atoms with Gasteiger partial charge in [0.2, 0.25) is 0 Å². The van der Waals surface area contributed by atoms with Gasteiger partial charge < -0.3 is 25.4 Å². The number of nitrogens with one attached hydrogen (secondary N) is 2. The molecule has 1 heterocycles. The van der Waals surface area contributed by atoms with E-state index >= 15 is 0 Å². The van der Waals surface area contributed by atoms with Gasteiger partial charge in [0.25, 0.3) is 0 Å². The van der Waals surface area contributed by atoms with Gasteiger partial charge in [-0.3, -0.25) is 4.99 Å². The molecule has 1 fully saturated rings. The second kappa shape index (κ2) is 12.0. The van der Waals surface area contributed by atoms with Crippen LogP contribution in [0.25, 0.3) is 0 Å². The Morgan fingerprint density at radius 2 is 2.04 bits per heavy atom. The zero-order valence-corrected chi connectivity index (χ0v) is 16.3. The topological polar surface area (TPSA) is 86.2 Å². The monoisotopic (exact) mass is 356 g/mol. The number of likely N-dealkylation sites (tertiary alicyclic amines) is 1. The molecular formula is C18H36N4O3. The number of ether oxygens (including phenoxy) is 1. The molecule has 7 heteroatoms. The highest BCUT2D eigenvalue weighted by Crippen LogP contribution is 2.16. The molecule has 0 aromatic carbocycles. The molecule has 1 atom stereocenters. The van der Waals surface area contributed by atoms with Gasteiger partial charge in [0.1, 0.15) is 0 Å². The van der Waals surface area contributed by atoms with E-state index in [-0.39, 0.29) is 12.7 Å². The van der Waals surface area contributed by atoms with Crippen molar-refractivity contribution >= 4 is 12.1 Å². The van der Waals surface area contributed by atoms with Gasteiger partial charge in [-0.25, -0.2) is 4.79 Å². The van der Waals surface area contributed by atoms with Crippen molar-refractivity contribution in [2.75, 3.05) is 39.9 Å². The Kier molecular flexibility index (Phi) is 10.3. The van der Waals surface area contributed by atoms with Crippen molar-refractivity contribution in [2.24, 2.45) is 16.8 Å². The Labute approximate surface area is 152 Å². The van der Waals surface area contributed by atoms with Crippen LogP contribution in [0.1, 0.15) is 46.5 Å². The summed E-state index contributed by atoms with van der Waals surface area (Å²) in [6.45, 7) is 9.59. The van der Waals surface area contributed by atoms with E-state index in [0.717, 1.165) is 44.7 Å². The van der Waals surface area contributed by atoms with E-state index in [1.54, 1.807) is 4.90 Å². The Hall–Kier alpha value is -1.50. The summed E-state index contributed by atoms with van der Waals surface area (Å²) in [5, 5.41) is 16.0. The van der Waals surface area contributed by atoms with Crippen LogP contribution in [0.3, 0.4) is 0 Å². The second-order valence-electron chi connectivity index (χ2n) is 7.10. The van der Waals surface area contributed by atoms with E-state index in [0.29, 0.717) is 31.0 Å². The lowest BCUT2D eigenvalue weighted by atomic mass is 9.94. The smallest absolute Gasteiger partial charge is 0.409 e. The first-order chi connectivity index (χ1) is 12.0. The first-order valence-corrected chi connectivity index (χ1v) is 9.48.